The van der Waals surface area contributed by atoms with E-state index in [0.29, 0.717) is 11.3 Å². The Hall–Kier alpha value is -3.15. The van der Waals surface area contributed by atoms with Crippen molar-refractivity contribution in [3.63, 3.8) is 0 Å². The smallest absolute Gasteiger partial charge is 0.357 e. The zero-order valence-electron chi connectivity index (χ0n) is 13.1. The van der Waals surface area contributed by atoms with Gasteiger partial charge in [-0.05, 0) is 31.2 Å². The predicted octanol–water partition coefficient (Wildman–Crippen LogP) is 2.69. The second-order valence-corrected chi connectivity index (χ2v) is 5.23. The minimum Gasteiger partial charge on any atom is -0.467 e. The highest BCUT2D eigenvalue weighted by molar-refractivity contribution is 5.93. The van der Waals surface area contributed by atoms with E-state index in [9.17, 15) is 9.59 Å². The van der Waals surface area contributed by atoms with Gasteiger partial charge >= 0.3 is 5.97 Å². The van der Waals surface area contributed by atoms with Crippen molar-refractivity contribution in [1.82, 2.24) is 10.3 Å². The van der Waals surface area contributed by atoms with Gasteiger partial charge in [-0.15, -0.1) is 0 Å². The number of rotatable bonds is 5. The van der Waals surface area contributed by atoms with Crippen LogP contribution in [0.2, 0.25) is 0 Å². The summed E-state index contributed by atoms with van der Waals surface area (Å²) in [6.45, 7) is 1.75. The minimum absolute atomic E-state index is 0.166. The van der Waals surface area contributed by atoms with E-state index in [-0.39, 0.29) is 12.2 Å². The summed E-state index contributed by atoms with van der Waals surface area (Å²) in [5, 5.41) is 3.57. The summed E-state index contributed by atoms with van der Waals surface area (Å²) in [6.07, 6.45) is 0.594. The van der Waals surface area contributed by atoms with Crippen molar-refractivity contribution in [2.75, 3.05) is 0 Å². The maximum Gasteiger partial charge on any atom is 0.357 e. The van der Waals surface area contributed by atoms with Gasteiger partial charge < -0.3 is 14.5 Å². The number of pyridine rings is 1. The van der Waals surface area contributed by atoms with E-state index >= 15 is 0 Å². The SMILES string of the molecule is C[C@@H](OC(=O)c1ccc2ccccc2n1)C(=O)NCc1ccco1. The number of esters is 1. The molecule has 0 aliphatic rings. The first-order chi connectivity index (χ1) is 11.6. The van der Waals surface area contributed by atoms with Crippen molar-refractivity contribution in [3.8, 4) is 0 Å². The summed E-state index contributed by atoms with van der Waals surface area (Å²) in [6, 6.07) is 14.3. The van der Waals surface area contributed by atoms with Crippen LogP contribution < -0.4 is 5.32 Å². The number of carbonyl (C=O) groups excluding carboxylic acids is 2. The zero-order valence-corrected chi connectivity index (χ0v) is 13.1. The van der Waals surface area contributed by atoms with Gasteiger partial charge in [0, 0.05) is 5.39 Å². The summed E-state index contributed by atoms with van der Waals surface area (Å²) in [4.78, 5) is 28.4. The van der Waals surface area contributed by atoms with Crippen LogP contribution in [-0.4, -0.2) is 23.0 Å². The normalized spacial score (nSPS) is 11.9. The number of aromatic nitrogens is 1. The average Bonchev–Trinajstić information content (AvgIpc) is 3.12. The Balaban J connectivity index is 1.61. The molecule has 1 atom stereocenters. The quantitative estimate of drug-likeness (QED) is 0.730. The number of hydrogen-bond acceptors (Lipinski definition) is 5. The van der Waals surface area contributed by atoms with Gasteiger partial charge in [-0.2, -0.15) is 0 Å². The summed E-state index contributed by atoms with van der Waals surface area (Å²) < 4.78 is 10.3. The molecule has 1 N–H and O–H groups in total. The lowest BCUT2D eigenvalue weighted by atomic mass is 10.2. The number of ether oxygens (including phenoxy) is 1. The maximum atomic E-state index is 12.2. The topological polar surface area (TPSA) is 81.4 Å². The number of hydrogen-bond donors (Lipinski definition) is 1. The number of furan rings is 1. The monoisotopic (exact) mass is 324 g/mol. The Bertz CT molecular complexity index is 858. The van der Waals surface area contributed by atoms with Gasteiger partial charge in [0.1, 0.15) is 11.5 Å². The van der Waals surface area contributed by atoms with Gasteiger partial charge in [-0.1, -0.05) is 24.3 Å². The van der Waals surface area contributed by atoms with E-state index in [1.807, 2.05) is 24.3 Å². The molecule has 3 aromatic rings. The molecule has 2 aromatic heterocycles. The van der Waals surface area contributed by atoms with Gasteiger partial charge in [0.25, 0.3) is 5.91 Å². The number of nitrogens with zero attached hydrogens (tertiary/aromatic N) is 1. The molecule has 0 saturated heterocycles. The Morgan fingerprint density at radius 1 is 1.17 bits per heavy atom. The highest BCUT2D eigenvalue weighted by Gasteiger charge is 2.20. The molecule has 6 nitrogen and oxygen atoms in total. The molecule has 0 aliphatic carbocycles. The van der Waals surface area contributed by atoms with Crippen LogP contribution in [0.25, 0.3) is 10.9 Å². The van der Waals surface area contributed by atoms with Crippen molar-refractivity contribution in [2.24, 2.45) is 0 Å². The lowest BCUT2D eigenvalue weighted by Gasteiger charge is -2.12. The first-order valence-electron chi connectivity index (χ1n) is 7.50. The third-order valence-corrected chi connectivity index (χ3v) is 3.48. The predicted molar refractivity (Wildman–Crippen MR) is 87.2 cm³/mol. The molecule has 0 bridgehead atoms. The minimum atomic E-state index is -0.930. The largest absolute Gasteiger partial charge is 0.467 e. The highest BCUT2D eigenvalue weighted by atomic mass is 16.5. The fourth-order valence-corrected chi connectivity index (χ4v) is 2.19. The Morgan fingerprint density at radius 3 is 2.79 bits per heavy atom. The number of fused-ring (bicyclic) bond motifs is 1. The fraction of sp³-hybridized carbons (Fsp3) is 0.167. The van der Waals surface area contributed by atoms with Gasteiger partial charge in [0.2, 0.25) is 0 Å². The summed E-state index contributed by atoms with van der Waals surface area (Å²) in [7, 11) is 0. The number of carbonyl (C=O) groups is 2. The first kappa shape index (κ1) is 15.7. The van der Waals surface area contributed by atoms with Crippen LogP contribution in [0.1, 0.15) is 23.2 Å². The van der Waals surface area contributed by atoms with Gasteiger partial charge in [-0.3, -0.25) is 4.79 Å². The van der Waals surface area contributed by atoms with Crippen molar-refractivity contribution in [2.45, 2.75) is 19.6 Å². The third kappa shape index (κ3) is 3.60. The second-order valence-electron chi connectivity index (χ2n) is 5.23. The molecule has 3 rings (SSSR count). The molecule has 1 aromatic carbocycles. The Morgan fingerprint density at radius 2 is 2.00 bits per heavy atom. The average molecular weight is 324 g/mol. The van der Waals surface area contributed by atoms with Crippen LogP contribution in [0.15, 0.2) is 59.2 Å². The standard InChI is InChI=1S/C18H16N2O4/c1-12(17(21)19-11-14-6-4-10-23-14)24-18(22)16-9-8-13-5-2-3-7-15(13)20-16/h2-10,12H,11H2,1H3,(H,19,21)/t12-/m1/s1. The molecule has 0 radical (unpaired) electrons. The molecule has 2 heterocycles. The van der Waals surface area contributed by atoms with Crippen LogP contribution in [0.5, 0.6) is 0 Å². The Labute approximate surface area is 138 Å². The van der Waals surface area contributed by atoms with Gasteiger partial charge in [-0.25, -0.2) is 9.78 Å². The molecule has 24 heavy (non-hydrogen) atoms. The number of amides is 1. The highest BCUT2D eigenvalue weighted by Crippen LogP contribution is 2.13. The second kappa shape index (κ2) is 6.95. The van der Waals surface area contributed by atoms with E-state index in [2.05, 4.69) is 10.3 Å². The van der Waals surface area contributed by atoms with E-state index in [4.69, 9.17) is 9.15 Å². The van der Waals surface area contributed by atoms with E-state index < -0.39 is 18.0 Å². The van der Waals surface area contributed by atoms with E-state index in [0.717, 1.165) is 5.39 Å². The van der Waals surface area contributed by atoms with Crippen molar-refractivity contribution < 1.29 is 18.7 Å². The van der Waals surface area contributed by atoms with Crippen molar-refractivity contribution in [1.29, 1.82) is 0 Å². The maximum absolute atomic E-state index is 12.2. The van der Waals surface area contributed by atoms with Crippen LogP contribution in [0, 0.1) is 0 Å². The van der Waals surface area contributed by atoms with E-state index in [1.165, 1.54) is 13.2 Å². The van der Waals surface area contributed by atoms with Crippen LogP contribution >= 0.6 is 0 Å². The zero-order chi connectivity index (χ0) is 16.9. The molecule has 0 saturated carbocycles. The van der Waals surface area contributed by atoms with Crippen molar-refractivity contribution >= 4 is 22.8 Å². The van der Waals surface area contributed by atoms with Crippen molar-refractivity contribution in [3.05, 3.63) is 66.2 Å². The molecule has 0 unspecified atom stereocenters. The molecule has 0 spiro atoms. The third-order valence-electron chi connectivity index (χ3n) is 3.48. The molecular weight excluding hydrogens is 308 g/mol. The molecule has 6 heteroatoms. The lowest BCUT2D eigenvalue weighted by molar-refractivity contribution is -0.129. The number of benzene rings is 1. The molecular formula is C18H16N2O4. The number of para-hydroxylation sites is 1. The molecule has 122 valence electrons. The van der Waals surface area contributed by atoms with Crippen LogP contribution in [0.3, 0.4) is 0 Å². The molecule has 0 aliphatic heterocycles. The summed E-state index contributed by atoms with van der Waals surface area (Å²) in [5.41, 5.74) is 0.862. The van der Waals surface area contributed by atoms with E-state index in [1.54, 1.807) is 24.3 Å². The summed E-state index contributed by atoms with van der Waals surface area (Å²) >= 11 is 0. The first-order valence-corrected chi connectivity index (χ1v) is 7.50. The lowest BCUT2D eigenvalue weighted by Crippen LogP contribution is -2.35. The van der Waals surface area contributed by atoms with Gasteiger partial charge in [0.15, 0.2) is 6.10 Å². The van der Waals surface area contributed by atoms with Gasteiger partial charge in [0.05, 0.1) is 18.3 Å². The summed E-state index contributed by atoms with van der Waals surface area (Å²) in [5.74, 6) is -0.417. The Kier molecular flexibility index (Phi) is 4.56. The number of nitrogens with one attached hydrogen (secondary N) is 1. The fourth-order valence-electron chi connectivity index (χ4n) is 2.19. The molecule has 1 amide bonds. The van der Waals surface area contributed by atoms with Crippen LogP contribution in [-0.2, 0) is 16.1 Å². The van der Waals surface area contributed by atoms with Crippen LogP contribution in [0.4, 0.5) is 0 Å². The molecule has 0 fully saturated rings.